The van der Waals surface area contributed by atoms with Gasteiger partial charge in [0.2, 0.25) is 0 Å². The van der Waals surface area contributed by atoms with E-state index in [1.807, 2.05) is 0 Å². The Hall–Kier alpha value is -0.380. The molecule has 2 fully saturated rings. The minimum Gasteiger partial charge on any atom is -0.379 e. The molecule has 9 heteroatoms. The molecule has 0 aromatic rings. The molecule has 5 nitrogen and oxygen atoms in total. The van der Waals surface area contributed by atoms with E-state index in [9.17, 15) is 21.6 Å². The lowest BCUT2D eigenvalue weighted by atomic mass is 10.1. The van der Waals surface area contributed by atoms with Crippen molar-refractivity contribution >= 4 is 10.2 Å². The van der Waals surface area contributed by atoms with Gasteiger partial charge in [0.1, 0.15) is 0 Å². The summed E-state index contributed by atoms with van der Waals surface area (Å²) in [6, 6.07) is 0. The molecule has 1 heterocycles. The first-order valence-corrected chi connectivity index (χ1v) is 7.10. The highest BCUT2D eigenvalue weighted by Crippen LogP contribution is 2.57. The van der Waals surface area contributed by atoms with E-state index < -0.39 is 28.3 Å². The smallest absolute Gasteiger partial charge is 0.379 e. The molecule has 1 saturated heterocycles. The predicted molar refractivity (Wildman–Crippen MR) is 57.0 cm³/mol. The van der Waals surface area contributed by atoms with Gasteiger partial charge in [-0.1, -0.05) is 0 Å². The van der Waals surface area contributed by atoms with Gasteiger partial charge in [0.15, 0.2) is 0 Å². The Balaban J connectivity index is 1.93. The average Bonchev–Trinajstić information content (AvgIpc) is 3.08. The van der Waals surface area contributed by atoms with Crippen molar-refractivity contribution in [2.24, 2.45) is 5.41 Å². The summed E-state index contributed by atoms with van der Waals surface area (Å²) in [5.74, 6) is 0. The molecule has 0 amide bonds. The average molecular weight is 288 g/mol. The number of nitrogens with one attached hydrogen (secondary N) is 1. The van der Waals surface area contributed by atoms with Crippen molar-refractivity contribution in [2.75, 3.05) is 32.8 Å². The van der Waals surface area contributed by atoms with Crippen LogP contribution < -0.4 is 4.72 Å². The second kappa shape index (κ2) is 4.62. The lowest BCUT2D eigenvalue weighted by Crippen LogP contribution is -2.49. The van der Waals surface area contributed by atoms with E-state index in [0.717, 1.165) is 4.31 Å². The lowest BCUT2D eigenvalue weighted by molar-refractivity contribution is -0.184. The van der Waals surface area contributed by atoms with Crippen LogP contribution in [0, 0.1) is 5.41 Å². The zero-order valence-corrected chi connectivity index (χ0v) is 10.5. The van der Waals surface area contributed by atoms with Crippen LogP contribution in [0.3, 0.4) is 0 Å². The van der Waals surface area contributed by atoms with Crippen LogP contribution in [0.1, 0.15) is 12.8 Å². The Morgan fingerprint density at radius 1 is 1.22 bits per heavy atom. The van der Waals surface area contributed by atoms with E-state index in [4.69, 9.17) is 4.74 Å². The number of rotatable bonds is 4. The molecule has 1 aliphatic carbocycles. The molecule has 1 aliphatic heterocycles. The van der Waals surface area contributed by atoms with Crippen LogP contribution in [0.2, 0.25) is 0 Å². The molecule has 1 saturated carbocycles. The SMILES string of the molecule is O=S(=O)(NCC1(C(F)(F)F)CC1)N1CCOCC1. The van der Waals surface area contributed by atoms with Crippen molar-refractivity contribution in [1.29, 1.82) is 0 Å². The predicted octanol–water partition coefficient (Wildman–Crippen LogP) is 0.496. The topological polar surface area (TPSA) is 58.6 Å². The molecule has 18 heavy (non-hydrogen) atoms. The van der Waals surface area contributed by atoms with Crippen molar-refractivity contribution < 1.29 is 26.3 Å². The highest BCUT2D eigenvalue weighted by molar-refractivity contribution is 7.87. The molecule has 2 aliphatic rings. The summed E-state index contributed by atoms with van der Waals surface area (Å²) < 4.78 is 69.7. The molecule has 1 N–H and O–H groups in total. The van der Waals surface area contributed by atoms with E-state index in [1.54, 1.807) is 0 Å². The Morgan fingerprint density at radius 3 is 2.22 bits per heavy atom. The zero-order chi connectivity index (χ0) is 13.4. The van der Waals surface area contributed by atoms with Crippen molar-refractivity contribution in [3.63, 3.8) is 0 Å². The van der Waals surface area contributed by atoms with Crippen molar-refractivity contribution in [2.45, 2.75) is 19.0 Å². The van der Waals surface area contributed by atoms with Crippen LogP contribution in [0.4, 0.5) is 13.2 Å². The second-order valence-electron chi connectivity index (χ2n) is 4.62. The number of hydrogen-bond acceptors (Lipinski definition) is 3. The molecule has 0 radical (unpaired) electrons. The van der Waals surface area contributed by atoms with E-state index in [-0.39, 0.29) is 39.1 Å². The van der Waals surface area contributed by atoms with Gasteiger partial charge in [-0.15, -0.1) is 0 Å². The summed E-state index contributed by atoms with van der Waals surface area (Å²) in [7, 11) is -3.83. The van der Waals surface area contributed by atoms with Gasteiger partial charge in [0, 0.05) is 19.6 Å². The molecule has 106 valence electrons. The maximum absolute atomic E-state index is 12.6. The lowest BCUT2D eigenvalue weighted by Gasteiger charge is -2.27. The summed E-state index contributed by atoms with van der Waals surface area (Å²) >= 11 is 0. The summed E-state index contributed by atoms with van der Waals surface area (Å²) in [6.45, 7) is 0.315. The highest BCUT2D eigenvalue weighted by atomic mass is 32.2. The third-order valence-corrected chi connectivity index (χ3v) is 4.91. The van der Waals surface area contributed by atoms with Gasteiger partial charge in [-0.2, -0.15) is 25.9 Å². The molecule has 2 rings (SSSR count). The third-order valence-electron chi connectivity index (χ3n) is 3.36. The molecule has 0 atom stereocenters. The fraction of sp³-hybridized carbons (Fsp3) is 1.00. The first-order valence-electron chi connectivity index (χ1n) is 5.66. The maximum atomic E-state index is 12.6. The molecule has 0 bridgehead atoms. The number of nitrogens with zero attached hydrogens (tertiary/aromatic N) is 1. The number of ether oxygens (including phenoxy) is 1. The number of morpholine rings is 1. The van der Waals surface area contributed by atoms with Crippen LogP contribution in [0.15, 0.2) is 0 Å². The molecule has 0 aromatic carbocycles. The van der Waals surface area contributed by atoms with E-state index in [0.29, 0.717) is 0 Å². The maximum Gasteiger partial charge on any atom is 0.395 e. The minimum atomic E-state index is -4.35. The van der Waals surface area contributed by atoms with Crippen LogP contribution >= 0.6 is 0 Å². The van der Waals surface area contributed by atoms with Crippen LogP contribution in [0.25, 0.3) is 0 Å². The van der Waals surface area contributed by atoms with Gasteiger partial charge in [-0.3, -0.25) is 0 Å². The summed E-state index contributed by atoms with van der Waals surface area (Å²) in [5.41, 5.74) is -1.85. The number of alkyl halides is 3. The van der Waals surface area contributed by atoms with Gasteiger partial charge in [-0.05, 0) is 12.8 Å². The van der Waals surface area contributed by atoms with Crippen molar-refractivity contribution in [3.8, 4) is 0 Å². The van der Waals surface area contributed by atoms with Gasteiger partial charge in [0.25, 0.3) is 10.2 Å². The van der Waals surface area contributed by atoms with Gasteiger partial charge >= 0.3 is 6.18 Å². The summed E-state index contributed by atoms with van der Waals surface area (Å²) in [6.07, 6.45) is -4.37. The standard InChI is InChI=1S/C9H15F3N2O3S/c10-9(11,12)8(1-2-8)7-13-18(15,16)14-3-5-17-6-4-14/h13H,1-7H2. The highest BCUT2D eigenvalue weighted by Gasteiger charge is 2.63. The Kier molecular flexibility index (Phi) is 3.60. The van der Waals surface area contributed by atoms with Crippen molar-refractivity contribution in [3.05, 3.63) is 0 Å². The number of halogens is 3. The van der Waals surface area contributed by atoms with E-state index in [2.05, 4.69) is 4.72 Å². The summed E-state index contributed by atoms with van der Waals surface area (Å²) in [4.78, 5) is 0. The van der Waals surface area contributed by atoms with Gasteiger partial charge in [-0.25, -0.2) is 4.72 Å². The molecule has 0 spiro atoms. The summed E-state index contributed by atoms with van der Waals surface area (Å²) in [5, 5.41) is 0. The monoisotopic (exact) mass is 288 g/mol. The molecular formula is C9H15F3N2O3S. The molecular weight excluding hydrogens is 273 g/mol. The van der Waals surface area contributed by atoms with Crippen LogP contribution in [-0.4, -0.2) is 51.7 Å². The quantitative estimate of drug-likeness (QED) is 0.819. The number of hydrogen-bond donors (Lipinski definition) is 1. The fourth-order valence-electron chi connectivity index (χ4n) is 1.82. The Morgan fingerprint density at radius 2 is 1.78 bits per heavy atom. The third kappa shape index (κ3) is 2.79. The van der Waals surface area contributed by atoms with Crippen LogP contribution in [0.5, 0.6) is 0 Å². The minimum absolute atomic E-state index is 0.0118. The first-order chi connectivity index (χ1) is 8.27. The zero-order valence-electron chi connectivity index (χ0n) is 9.66. The molecule has 0 unspecified atom stereocenters. The van der Waals surface area contributed by atoms with Crippen LogP contribution in [-0.2, 0) is 14.9 Å². The van der Waals surface area contributed by atoms with Gasteiger partial charge in [0.05, 0.1) is 18.6 Å². The normalized spacial score (nSPS) is 25.1. The van der Waals surface area contributed by atoms with Gasteiger partial charge < -0.3 is 4.74 Å². The Labute approximate surface area is 103 Å². The van der Waals surface area contributed by atoms with Crippen molar-refractivity contribution in [1.82, 2.24) is 9.03 Å². The largest absolute Gasteiger partial charge is 0.395 e. The van der Waals surface area contributed by atoms with E-state index in [1.165, 1.54) is 0 Å². The fourth-order valence-corrected chi connectivity index (χ4v) is 3.09. The first kappa shape index (κ1) is 14.0. The van der Waals surface area contributed by atoms with E-state index >= 15 is 0 Å². The Bertz CT molecular complexity index is 400. The molecule has 0 aromatic heterocycles. The second-order valence-corrected chi connectivity index (χ2v) is 6.37.